The van der Waals surface area contributed by atoms with Crippen molar-refractivity contribution in [2.24, 2.45) is 5.41 Å². The van der Waals surface area contributed by atoms with E-state index >= 15 is 0 Å². The van der Waals surface area contributed by atoms with Gasteiger partial charge in [0.05, 0.1) is 12.1 Å². The molecule has 2 N–H and O–H groups in total. The molecule has 0 radical (unpaired) electrons. The molecule has 0 saturated carbocycles. The van der Waals surface area contributed by atoms with Gasteiger partial charge in [0.25, 0.3) is 0 Å². The molecule has 1 aliphatic heterocycles. The lowest BCUT2D eigenvalue weighted by Crippen LogP contribution is -2.55. The van der Waals surface area contributed by atoms with Crippen molar-refractivity contribution in [2.45, 2.75) is 45.7 Å². The summed E-state index contributed by atoms with van der Waals surface area (Å²) in [5, 5.41) is 7.15. The van der Waals surface area contributed by atoms with Crippen LogP contribution >= 0.6 is 11.6 Å². The summed E-state index contributed by atoms with van der Waals surface area (Å²) in [7, 11) is 0. The monoisotopic (exact) mass is 294 g/mol. The Morgan fingerprint density at radius 2 is 2.05 bits per heavy atom. The van der Waals surface area contributed by atoms with Gasteiger partial charge in [0.2, 0.25) is 5.91 Å². The van der Waals surface area contributed by atoms with Gasteiger partial charge in [-0.05, 0) is 49.4 Å². The van der Waals surface area contributed by atoms with E-state index < -0.39 is 0 Å². The standard InChI is InChI=1S/C16H23ClN2O/c1-11(12-5-7-13(17)8-6-12)19-15(20)14-16(2,3)9-4-10-18-14/h5-8,11,14,18H,4,9-10H2,1-3H3,(H,19,20)/t11-,14?/m0/s1. The highest BCUT2D eigenvalue weighted by Crippen LogP contribution is 2.30. The number of amides is 1. The number of nitrogens with one attached hydrogen (secondary N) is 2. The number of carbonyl (C=O) groups is 1. The molecule has 3 nitrogen and oxygen atoms in total. The molecular formula is C16H23ClN2O. The Balaban J connectivity index is 2.01. The molecule has 1 amide bonds. The van der Waals surface area contributed by atoms with Gasteiger partial charge in [0.1, 0.15) is 0 Å². The number of benzene rings is 1. The predicted molar refractivity (Wildman–Crippen MR) is 82.8 cm³/mol. The van der Waals surface area contributed by atoms with Crippen molar-refractivity contribution in [3.8, 4) is 0 Å². The highest BCUT2D eigenvalue weighted by atomic mass is 35.5. The summed E-state index contributed by atoms with van der Waals surface area (Å²) in [6.45, 7) is 7.21. The summed E-state index contributed by atoms with van der Waals surface area (Å²) in [6, 6.07) is 7.47. The highest BCUT2D eigenvalue weighted by Gasteiger charge is 2.37. The van der Waals surface area contributed by atoms with Crippen LogP contribution in [0, 0.1) is 5.41 Å². The van der Waals surface area contributed by atoms with Gasteiger partial charge in [0.15, 0.2) is 0 Å². The third-order valence-electron chi connectivity index (χ3n) is 4.12. The Morgan fingerprint density at radius 3 is 2.65 bits per heavy atom. The topological polar surface area (TPSA) is 41.1 Å². The molecular weight excluding hydrogens is 272 g/mol. The molecule has 110 valence electrons. The molecule has 1 aromatic rings. The molecule has 20 heavy (non-hydrogen) atoms. The van der Waals surface area contributed by atoms with E-state index in [-0.39, 0.29) is 23.4 Å². The van der Waals surface area contributed by atoms with Crippen LogP contribution in [0.15, 0.2) is 24.3 Å². The van der Waals surface area contributed by atoms with Gasteiger partial charge in [0, 0.05) is 5.02 Å². The second-order valence-corrected chi connectivity index (χ2v) is 6.70. The molecule has 2 atom stereocenters. The van der Waals surface area contributed by atoms with Crippen molar-refractivity contribution in [3.05, 3.63) is 34.9 Å². The fourth-order valence-electron chi connectivity index (χ4n) is 2.79. The van der Waals surface area contributed by atoms with Gasteiger partial charge >= 0.3 is 0 Å². The summed E-state index contributed by atoms with van der Waals surface area (Å²) < 4.78 is 0. The van der Waals surface area contributed by atoms with Crippen molar-refractivity contribution >= 4 is 17.5 Å². The Hall–Kier alpha value is -1.06. The van der Waals surface area contributed by atoms with E-state index in [2.05, 4.69) is 24.5 Å². The first-order chi connectivity index (χ1) is 9.40. The summed E-state index contributed by atoms with van der Waals surface area (Å²) in [5.41, 5.74) is 1.07. The number of hydrogen-bond acceptors (Lipinski definition) is 2. The zero-order chi connectivity index (χ0) is 14.8. The Morgan fingerprint density at radius 1 is 1.40 bits per heavy atom. The smallest absolute Gasteiger partial charge is 0.238 e. The summed E-state index contributed by atoms with van der Waals surface area (Å²) in [5.74, 6) is 0.0807. The zero-order valence-electron chi connectivity index (χ0n) is 12.4. The van der Waals surface area contributed by atoms with Gasteiger partial charge in [-0.25, -0.2) is 0 Å². The van der Waals surface area contributed by atoms with Gasteiger partial charge in [-0.1, -0.05) is 37.6 Å². The third-order valence-corrected chi connectivity index (χ3v) is 4.37. The van der Waals surface area contributed by atoms with Gasteiger partial charge in [-0.2, -0.15) is 0 Å². The first-order valence-corrected chi connectivity index (χ1v) is 7.57. The van der Waals surface area contributed by atoms with Crippen LogP contribution in [0.5, 0.6) is 0 Å². The molecule has 0 aromatic heterocycles. The second kappa shape index (κ2) is 6.15. The molecule has 0 spiro atoms. The average Bonchev–Trinajstić information content (AvgIpc) is 2.38. The van der Waals surface area contributed by atoms with E-state index in [1.165, 1.54) is 0 Å². The van der Waals surface area contributed by atoms with Crippen molar-refractivity contribution in [3.63, 3.8) is 0 Å². The number of rotatable bonds is 3. The van der Waals surface area contributed by atoms with Crippen LogP contribution in [0.25, 0.3) is 0 Å². The first-order valence-electron chi connectivity index (χ1n) is 7.19. The normalized spacial score (nSPS) is 23.1. The minimum atomic E-state index is -0.119. The van der Waals surface area contributed by atoms with Crippen molar-refractivity contribution in [1.29, 1.82) is 0 Å². The van der Waals surface area contributed by atoms with E-state index in [9.17, 15) is 4.79 Å². The Labute approximate surface area is 126 Å². The number of hydrogen-bond donors (Lipinski definition) is 2. The SMILES string of the molecule is C[C@H](NC(=O)C1NCCCC1(C)C)c1ccc(Cl)cc1. The lowest BCUT2D eigenvalue weighted by Gasteiger charge is -2.38. The predicted octanol–water partition coefficient (Wildman–Crippen LogP) is 3.30. The molecule has 4 heteroatoms. The zero-order valence-corrected chi connectivity index (χ0v) is 13.1. The highest BCUT2D eigenvalue weighted by molar-refractivity contribution is 6.30. The average molecular weight is 295 g/mol. The van der Waals surface area contributed by atoms with Crippen LogP contribution in [0.1, 0.15) is 45.2 Å². The molecule has 1 aromatic carbocycles. The van der Waals surface area contributed by atoms with Crippen LogP contribution in [-0.2, 0) is 4.79 Å². The molecule has 2 rings (SSSR count). The summed E-state index contributed by atoms with van der Waals surface area (Å²) >= 11 is 5.88. The Kier molecular flexibility index (Phi) is 4.71. The quantitative estimate of drug-likeness (QED) is 0.898. The van der Waals surface area contributed by atoms with Crippen LogP contribution in [0.2, 0.25) is 5.02 Å². The van der Waals surface area contributed by atoms with Gasteiger partial charge in [-0.3, -0.25) is 4.79 Å². The number of piperidine rings is 1. The van der Waals surface area contributed by atoms with Crippen LogP contribution < -0.4 is 10.6 Å². The molecule has 1 aliphatic rings. The lowest BCUT2D eigenvalue weighted by molar-refractivity contribution is -0.127. The maximum Gasteiger partial charge on any atom is 0.238 e. The second-order valence-electron chi connectivity index (χ2n) is 6.26. The van der Waals surface area contributed by atoms with Gasteiger partial charge in [-0.15, -0.1) is 0 Å². The van der Waals surface area contributed by atoms with Crippen LogP contribution in [-0.4, -0.2) is 18.5 Å². The van der Waals surface area contributed by atoms with E-state index in [0.29, 0.717) is 5.02 Å². The van der Waals surface area contributed by atoms with Crippen molar-refractivity contribution in [2.75, 3.05) is 6.54 Å². The molecule has 0 aliphatic carbocycles. The lowest BCUT2D eigenvalue weighted by atomic mass is 9.77. The van der Waals surface area contributed by atoms with E-state index in [0.717, 1.165) is 24.9 Å². The van der Waals surface area contributed by atoms with Crippen molar-refractivity contribution < 1.29 is 4.79 Å². The largest absolute Gasteiger partial charge is 0.348 e. The maximum absolute atomic E-state index is 12.5. The van der Waals surface area contributed by atoms with E-state index in [1.807, 2.05) is 31.2 Å². The molecule has 1 unspecified atom stereocenters. The maximum atomic E-state index is 12.5. The minimum absolute atomic E-state index is 0.00203. The Bertz CT molecular complexity index is 470. The van der Waals surface area contributed by atoms with Crippen LogP contribution in [0.4, 0.5) is 0 Å². The summed E-state index contributed by atoms with van der Waals surface area (Å²) in [6.07, 6.45) is 2.21. The first kappa shape index (κ1) is 15.3. The molecule has 1 fully saturated rings. The molecule has 1 saturated heterocycles. The van der Waals surface area contributed by atoms with E-state index in [1.54, 1.807) is 0 Å². The minimum Gasteiger partial charge on any atom is -0.348 e. The van der Waals surface area contributed by atoms with Crippen molar-refractivity contribution in [1.82, 2.24) is 10.6 Å². The molecule has 1 heterocycles. The van der Waals surface area contributed by atoms with Crippen LogP contribution in [0.3, 0.4) is 0 Å². The fourth-order valence-corrected chi connectivity index (χ4v) is 2.92. The number of halogens is 1. The fraction of sp³-hybridized carbons (Fsp3) is 0.562. The van der Waals surface area contributed by atoms with Gasteiger partial charge < -0.3 is 10.6 Å². The third kappa shape index (κ3) is 3.53. The molecule has 0 bridgehead atoms. The summed E-state index contributed by atoms with van der Waals surface area (Å²) in [4.78, 5) is 12.5. The number of carbonyl (C=O) groups excluding carboxylic acids is 1. The van der Waals surface area contributed by atoms with E-state index in [4.69, 9.17) is 11.6 Å².